The van der Waals surface area contributed by atoms with Crippen molar-refractivity contribution >= 4 is 46.3 Å². The molecule has 0 atom stereocenters. The van der Waals surface area contributed by atoms with Crippen molar-refractivity contribution in [2.24, 2.45) is 17.8 Å². The maximum atomic E-state index is 7.00. The lowest BCUT2D eigenvalue weighted by Crippen LogP contribution is -2.53. The quantitative estimate of drug-likeness (QED) is 0.388. The molecule has 0 unspecified atom stereocenters. The lowest BCUT2D eigenvalue weighted by molar-refractivity contribution is 0.690. The minimum atomic E-state index is -2.30. The van der Waals surface area contributed by atoms with Crippen molar-refractivity contribution in [3.05, 3.63) is 0 Å². The lowest BCUT2D eigenvalue weighted by Gasteiger charge is -2.37. The van der Waals surface area contributed by atoms with Gasteiger partial charge in [-0.25, -0.2) is 0 Å². The highest BCUT2D eigenvalue weighted by Gasteiger charge is 2.53. The second-order valence-corrected chi connectivity index (χ2v) is 25.9. The molecule has 5 heteroatoms. The molecule has 0 aromatic heterocycles. The molecule has 104 valence electrons. The van der Waals surface area contributed by atoms with Crippen molar-refractivity contribution in [3.8, 4) is 0 Å². The van der Waals surface area contributed by atoms with Gasteiger partial charge in [0.05, 0.1) is 0 Å². The molecular weight excluding hydrogens is 307 g/mol. The number of halogens is 3. The Balaban J connectivity index is 5.00. The Morgan fingerprint density at radius 2 is 0.941 bits per heavy atom. The van der Waals surface area contributed by atoms with Gasteiger partial charge in [0.1, 0.15) is 0 Å². The molecule has 0 rings (SSSR count). The molecule has 0 aromatic carbocycles. The maximum Gasteiger partial charge on any atom is 0.256 e. The molecule has 0 aromatic rings. The van der Waals surface area contributed by atoms with Crippen LogP contribution < -0.4 is 0 Å². The van der Waals surface area contributed by atoms with Crippen molar-refractivity contribution in [3.63, 3.8) is 0 Å². The van der Waals surface area contributed by atoms with Crippen LogP contribution in [0.4, 0.5) is 0 Å². The van der Waals surface area contributed by atoms with Gasteiger partial charge >= 0.3 is 0 Å². The number of hydrogen-bond acceptors (Lipinski definition) is 0. The fourth-order valence-corrected chi connectivity index (χ4v) is 20.9. The zero-order valence-corrected chi connectivity index (χ0v) is 16.3. The molecule has 0 bridgehead atoms. The predicted octanol–water partition coefficient (Wildman–Crippen LogP) is 6.14. The van der Waals surface area contributed by atoms with Crippen molar-refractivity contribution in [2.75, 3.05) is 0 Å². The molecule has 0 fully saturated rings. The van der Waals surface area contributed by atoms with Crippen LogP contribution in [-0.2, 0) is 0 Å². The van der Waals surface area contributed by atoms with E-state index in [1.165, 1.54) is 0 Å². The molecule has 0 radical (unpaired) electrons. The van der Waals surface area contributed by atoms with Gasteiger partial charge in [-0.3, -0.25) is 0 Å². The minimum absolute atomic E-state index is 0.543. The van der Waals surface area contributed by atoms with Crippen molar-refractivity contribution in [1.29, 1.82) is 0 Å². The first-order chi connectivity index (χ1) is 7.50. The van der Waals surface area contributed by atoms with Gasteiger partial charge < -0.3 is 0 Å². The summed E-state index contributed by atoms with van der Waals surface area (Å²) in [6.07, 6.45) is -2.30. The Kier molecular flexibility index (Phi) is 7.73. The Hall–Kier alpha value is 1.30. The molecule has 0 aliphatic carbocycles. The van der Waals surface area contributed by atoms with Crippen LogP contribution in [-0.4, -0.2) is 13.1 Å². The maximum absolute atomic E-state index is 7.00. The van der Waals surface area contributed by atoms with Crippen LogP contribution in [0.2, 0.25) is 18.1 Å². The number of hydrogen-bond donors (Lipinski definition) is 0. The van der Waals surface area contributed by atoms with Crippen molar-refractivity contribution < 1.29 is 0 Å². The third-order valence-electron chi connectivity index (χ3n) is 2.78. The fourth-order valence-electron chi connectivity index (χ4n) is 2.37. The summed E-state index contributed by atoms with van der Waals surface area (Å²) in [6, 6.07) is 3.04. The Labute approximate surface area is 123 Å². The Morgan fingerprint density at radius 1 is 0.647 bits per heavy atom. The molecule has 0 N–H and O–H groups in total. The molecule has 0 saturated carbocycles. The Bertz CT molecular complexity index is 218. The van der Waals surface area contributed by atoms with Crippen molar-refractivity contribution in [1.82, 2.24) is 0 Å². The van der Waals surface area contributed by atoms with Gasteiger partial charge in [0.2, 0.25) is 0 Å². The van der Waals surface area contributed by atoms with E-state index in [-0.39, 0.29) is 0 Å². The molecule has 0 heterocycles. The minimum Gasteiger partial charge on any atom is -0.167 e. The predicted molar refractivity (Wildman–Crippen MR) is 88.0 cm³/mol. The van der Waals surface area contributed by atoms with Crippen LogP contribution in [0.1, 0.15) is 41.5 Å². The monoisotopic (exact) mass is 332 g/mol. The molecule has 0 amide bonds. The van der Waals surface area contributed by atoms with E-state index in [9.17, 15) is 0 Å². The van der Waals surface area contributed by atoms with Gasteiger partial charge in [-0.2, -0.15) is 11.1 Å². The van der Waals surface area contributed by atoms with Gasteiger partial charge in [0.15, 0.2) is 6.90 Å². The summed E-state index contributed by atoms with van der Waals surface area (Å²) < 4.78 is 0. The summed E-state index contributed by atoms with van der Waals surface area (Å²) in [5.74, 6) is 1.73. The summed E-state index contributed by atoms with van der Waals surface area (Å²) in [5, 5.41) is 0. The Morgan fingerprint density at radius 3 is 1.18 bits per heavy atom. The molecule has 0 nitrogen and oxygen atoms in total. The molecular formula is C12H27Cl3Si2. The molecule has 0 aliphatic rings. The lowest BCUT2D eigenvalue weighted by atomic mass is 10.3. The summed E-state index contributed by atoms with van der Waals surface area (Å²) in [5.41, 5.74) is 0. The highest BCUT2D eigenvalue weighted by atomic mass is 35.7. The number of rotatable bonds is 7. The SMILES string of the molecule is CC(C)C[Si](Cl)(Cl)[Si](Cl)(CC(C)C)CC(C)C. The zero-order valence-electron chi connectivity index (χ0n) is 12.0. The van der Waals surface area contributed by atoms with Gasteiger partial charge in [-0.1, -0.05) is 41.5 Å². The van der Waals surface area contributed by atoms with E-state index in [0.29, 0.717) is 17.8 Å². The van der Waals surface area contributed by atoms with Crippen molar-refractivity contribution in [2.45, 2.75) is 59.7 Å². The normalized spacial score (nSPS) is 14.1. The molecule has 17 heavy (non-hydrogen) atoms. The summed E-state index contributed by atoms with van der Waals surface area (Å²) in [6.45, 7) is 11.2. The topological polar surface area (TPSA) is 0 Å². The largest absolute Gasteiger partial charge is 0.256 e. The fraction of sp³-hybridized carbons (Fsp3) is 1.00. The molecule has 0 spiro atoms. The van der Waals surface area contributed by atoms with Crippen LogP contribution in [0.25, 0.3) is 0 Å². The second kappa shape index (κ2) is 7.18. The average molecular weight is 334 g/mol. The van der Waals surface area contributed by atoms with Crippen LogP contribution in [0.3, 0.4) is 0 Å². The van der Waals surface area contributed by atoms with Gasteiger partial charge in [0, 0.05) is 0 Å². The average Bonchev–Trinajstić information content (AvgIpc) is 1.96. The van der Waals surface area contributed by atoms with Gasteiger partial charge in [-0.05, 0) is 35.9 Å². The van der Waals surface area contributed by atoms with Crippen LogP contribution in [0, 0.1) is 17.8 Å². The standard InChI is InChI=1S/C12H27Cl3Si2/c1-10(2)7-16(13,8-11(3)4)17(14,15)9-12(5)6/h10-12H,7-9H2,1-6H3. The summed E-state index contributed by atoms with van der Waals surface area (Å²) in [4.78, 5) is 0. The van der Waals surface area contributed by atoms with E-state index in [2.05, 4.69) is 41.5 Å². The third kappa shape index (κ3) is 6.33. The van der Waals surface area contributed by atoms with E-state index in [1.807, 2.05) is 0 Å². The summed E-state index contributed by atoms with van der Waals surface area (Å²) >= 11 is 20.5. The first kappa shape index (κ1) is 18.3. The van der Waals surface area contributed by atoms with E-state index in [0.717, 1.165) is 18.1 Å². The highest BCUT2D eigenvalue weighted by molar-refractivity contribution is 7.83. The first-order valence-electron chi connectivity index (χ1n) is 6.57. The molecule has 0 saturated heterocycles. The van der Waals surface area contributed by atoms with Gasteiger partial charge in [-0.15, -0.1) is 22.2 Å². The smallest absolute Gasteiger partial charge is 0.167 e. The van der Waals surface area contributed by atoms with Gasteiger partial charge in [0.25, 0.3) is 6.21 Å². The first-order valence-corrected chi connectivity index (χ1v) is 15.2. The van der Waals surface area contributed by atoms with Crippen LogP contribution in [0.5, 0.6) is 0 Å². The van der Waals surface area contributed by atoms with Crippen LogP contribution in [0.15, 0.2) is 0 Å². The van der Waals surface area contributed by atoms with E-state index in [1.54, 1.807) is 0 Å². The van der Waals surface area contributed by atoms with Crippen LogP contribution >= 0.6 is 33.2 Å². The van der Waals surface area contributed by atoms with E-state index in [4.69, 9.17) is 33.2 Å². The third-order valence-corrected chi connectivity index (χ3v) is 27.1. The van der Waals surface area contributed by atoms with E-state index >= 15 is 0 Å². The zero-order chi connectivity index (χ0) is 13.9. The highest BCUT2D eigenvalue weighted by Crippen LogP contribution is 2.44. The molecule has 0 aliphatic heterocycles. The summed E-state index contributed by atoms with van der Waals surface area (Å²) in [7, 11) is 0. The second-order valence-electron chi connectivity index (χ2n) is 6.46. The van der Waals surface area contributed by atoms with E-state index < -0.39 is 13.1 Å².